The van der Waals surface area contributed by atoms with Gasteiger partial charge >= 0.3 is 0 Å². The molecule has 3 aromatic carbocycles. The topological polar surface area (TPSA) is 79.3 Å². The third-order valence-corrected chi connectivity index (χ3v) is 9.29. The standard InChI is InChI=1S/C34H39N5O2.ClH/c40-33(26-13-17-35-18-14-26)37-30(22-23-9-10-24-5-1-2-6-27(24)21-23)34(41)38-19-15-28(16-20-38)39-31-8-4-3-7-29(31)36-32(39)25-11-12-25;/h1-10,21,25-26,28,30,35H,11-20,22H2,(H,37,40);1H/t30-;/m1./s1. The molecule has 0 unspecified atom stereocenters. The minimum absolute atomic E-state index is 0. The van der Waals surface area contributed by atoms with Gasteiger partial charge in [-0.1, -0.05) is 54.6 Å². The van der Waals surface area contributed by atoms with Gasteiger partial charge in [0, 0.05) is 37.4 Å². The zero-order valence-electron chi connectivity index (χ0n) is 24.0. The van der Waals surface area contributed by atoms with Crippen molar-refractivity contribution in [3.8, 4) is 0 Å². The molecule has 2 saturated heterocycles. The molecule has 7 nitrogen and oxygen atoms in total. The third kappa shape index (κ3) is 5.90. The number of hydrogen-bond acceptors (Lipinski definition) is 4. The molecule has 0 spiro atoms. The van der Waals surface area contributed by atoms with E-state index >= 15 is 0 Å². The summed E-state index contributed by atoms with van der Waals surface area (Å²) in [4.78, 5) is 34.4. The van der Waals surface area contributed by atoms with Gasteiger partial charge in [-0.25, -0.2) is 4.98 Å². The number of hydrogen-bond donors (Lipinski definition) is 2. The molecule has 0 radical (unpaired) electrons. The van der Waals surface area contributed by atoms with Gasteiger partial charge in [0.25, 0.3) is 0 Å². The van der Waals surface area contributed by atoms with Crippen molar-refractivity contribution in [2.75, 3.05) is 26.2 Å². The molecule has 2 amide bonds. The highest BCUT2D eigenvalue weighted by atomic mass is 35.5. The summed E-state index contributed by atoms with van der Waals surface area (Å²) < 4.78 is 2.47. The van der Waals surface area contributed by atoms with Crippen molar-refractivity contribution >= 4 is 46.0 Å². The van der Waals surface area contributed by atoms with Gasteiger partial charge in [0.1, 0.15) is 11.9 Å². The Bertz CT molecular complexity index is 1570. The summed E-state index contributed by atoms with van der Waals surface area (Å²) >= 11 is 0. The number of rotatable bonds is 7. The van der Waals surface area contributed by atoms with E-state index in [0.717, 1.165) is 55.2 Å². The number of nitrogens with zero attached hydrogens (tertiary/aromatic N) is 3. The zero-order chi connectivity index (χ0) is 27.8. The average Bonchev–Trinajstić information content (AvgIpc) is 3.80. The number of para-hydroxylation sites is 2. The second kappa shape index (κ2) is 12.4. The van der Waals surface area contributed by atoms with Crippen molar-refractivity contribution in [1.29, 1.82) is 0 Å². The highest BCUT2D eigenvalue weighted by Gasteiger charge is 2.35. The van der Waals surface area contributed by atoms with E-state index in [9.17, 15) is 9.59 Å². The summed E-state index contributed by atoms with van der Waals surface area (Å²) in [6, 6.07) is 22.9. The Morgan fingerprint density at radius 1 is 0.881 bits per heavy atom. The lowest BCUT2D eigenvalue weighted by Crippen LogP contribution is -2.53. The lowest BCUT2D eigenvalue weighted by Gasteiger charge is -2.36. The summed E-state index contributed by atoms with van der Waals surface area (Å²) in [5, 5.41) is 8.87. The van der Waals surface area contributed by atoms with Gasteiger partial charge in [0.15, 0.2) is 0 Å². The number of amides is 2. The van der Waals surface area contributed by atoms with E-state index < -0.39 is 6.04 Å². The Morgan fingerprint density at radius 3 is 2.36 bits per heavy atom. The predicted octanol–water partition coefficient (Wildman–Crippen LogP) is 5.38. The fourth-order valence-electron chi connectivity index (χ4n) is 6.82. The van der Waals surface area contributed by atoms with Crippen LogP contribution in [-0.4, -0.2) is 58.5 Å². The second-order valence-corrected chi connectivity index (χ2v) is 12.1. The van der Waals surface area contributed by atoms with Gasteiger partial charge in [-0.2, -0.15) is 0 Å². The highest BCUT2D eigenvalue weighted by Crippen LogP contribution is 2.43. The van der Waals surface area contributed by atoms with Crippen molar-refractivity contribution in [1.82, 2.24) is 25.1 Å². The largest absolute Gasteiger partial charge is 0.344 e. The molecular weight excluding hydrogens is 546 g/mol. The molecular formula is C34H40ClN5O2. The Hall–Kier alpha value is -3.42. The van der Waals surface area contributed by atoms with Crippen LogP contribution >= 0.6 is 12.4 Å². The van der Waals surface area contributed by atoms with Crippen LogP contribution in [0.25, 0.3) is 21.8 Å². The molecule has 220 valence electrons. The zero-order valence-corrected chi connectivity index (χ0v) is 24.8. The Kier molecular flexibility index (Phi) is 8.50. The Labute approximate surface area is 253 Å². The number of nitrogens with one attached hydrogen (secondary N) is 2. The maximum Gasteiger partial charge on any atom is 0.245 e. The molecule has 0 bridgehead atoms. The first-order chi connectivity index (χ1) is 20.1. The van der Waals surface area contributed by atoms with Crippen molar-refractivity contribution in [2.45, 2.75) is 62.9 Å². The van der Waals surface area contributed by atoms with Crippen LogP contribution in [0.1, 0.15) is 61.9 Å². The van der Waals surface area contributed by atoms with Gasteiger partial charge in [0.2, 0.25) is 11.8 Å². The fourth-order valence-corrected chi connectivity index (χ4v) is 6.82. The van der Waals surface area contributed by atoms with Crippen molar-refractivity contribution in [3.05, 3.63) is 78.1 Å². The van der Waals surface area contributed by atoms with Crippen LogP contribution in [0.2, 0.25) is 0 Å². The van der Waals surface area contributed by atoms with Crippen LogP contribution in [-0.2, 0) is 16.0 Å². The van der Waals surface area contributed by atoms with E-state index in [4.69, 9.17) is 4.98 Å². The summed E-state index contributed by atoms with van der Waals surface area (Å²) in [5.74, 6) is 1.80. The number of benzene rings is 3. The molecule has 4 aromatic rings. The Morgan fingerprint density at radius 2 is 1.60 bits per heavy atom. The van der Waals surface area contributed by atoms with Gasteiger partial charge in [-0.15, -0.1) is 12.4 Å². The van der Waals surface area contributed by atoms with Crippen LogP contribution in [0.4, 0.5) is 0 Å². The summed E-state index contributed by atoms with van der Waals surface area (Å²) in [5.41, 5.74) is 3.35. The molecule has 1 aliphatic carbocycles. The van der Waals surface area contributed by atoms with Crippen LogP contribution in [0.5, 0.6) is 0 Å². The first kappa shape index (κ1) is 28.7. The van der Waals surface area contributed by atoms with Crippen molar-refractivity contribution in [3.63, 3.8) is 0 Å². The lowest BCUT2D eigenvalue weighted by molar-refractivity contribution is -0.138. The number of carbonyl (C=O) groups is 2. The van der Waals surface area contributed by atoms with Crippen LogP contribution in [0.3, 0.4) is 0 Å². The van der Waals surface area contributed by atoms with Gasteiger partial charge in [0.05, 0.1) is 11.0 Å². The monoisotopic (exact) mass is 585 g/mol. The molecule has 1 aromatic heterocycles. The molecule has 42 heavy (non-hydrogen) atoms. The lowest BCUT2D eigenvalue weighted by atomic mass is 9.95. The van der Waals surface area contributed by atoms with E-state index in [1.54, 1.807) is 0 Å². The quantitative estimate of drug-likeness (QED) is 0.305. The molecule has 3 aliphatic rings. The highest BCUT2D eigenvalue weighted by molar-refractivity contribution is 5.89. The molecule has 1 atom stereocenters. The SMILES string of the molecule is Cl.O=C(N[C@H](Cc1ccc2ccccc2c1)C(=O)N1CCC(n2c(C3CC3)nc3ccccc32)CC1)C1CCNCC1. The molecule has 2 N–H and O–H groups in total. The predicted molar refractivity (Wildman–Crippen MR) is 169 cm³/mol. The normalized spacial score (nSPS) is 19.0. The van der Waals surface area contributed by atoms with E-state index in [0.29, 0.717) is 31.5 Å². The third-order valence-electron chi connectivity index (χ3n) is 9.29. The number of halogens is 1. The summed E-state index contributed by atoms with van der Waals surface area (Å²) in [7, 11) is 0. The molecule has 7 rings (SSSR count). The number of carbonyl (C=O) groups excluding carboxylic acids is 2. The minimum atomic E-state index is -0.564. The van der Waals surface area contributed by atoms with E-state index in [1.165, 1.54) is 29.6 Å². The molecule has 3 heterocycles. The average molecular weight is 586 g/mol. The fraction of sp³-hybridized carbons (Fsp3) is 0.441. The smallest absolute Gasteiger partial charge is 0.245 e. The summed E-state index contributed by atoms with van der Waals surface area (Å²) in [6.07, 6.45) is 6.36. The first-order valence-corrected chi connectivity index (χ1v) is 15.4. The van der Waals surface area contributed by atoms with E-state index in [2.05, 4.69) is 69.8 Å². The van der Waals surface area contributed by atoms with Crippen LogP contribution < -0.4 is 10.6 Å². The number of aromatic nitrogens is 2. The number of imidazole rings is 1. The second-order valence-electron chi connectivity index (χ2n) is 12.1. The molecule has 2 aliphatic heterocycles. The van der Waals surface area contributed by atoms with Crippen molar-refractivity contribution < 1.29 is 9.59 Å². The number of piperidine rings is 2. The van der Waals surface area contributed by atoms with E-state index in [1.807, 2.05) is 17.0 Å². The van der Waals surface area contributed by atoms with Crippen LogP contribution in [0, 0.1) is 5.92 Å². The number of fused-ring (bicyclic) bond motifs is 2. The summed E-state index contributed by atoms with van der Waals surface area (Å²) in [6.45, 7) is 3.08. The van der Waals surface area contributed by atoms with Crippen LogP contribution in [0.15, 0.2) is 66.7 Å². The Balaban J connectivity index is 0.00000316. The van der Waals surface area contributed by atoms with Crippen molar-refractivity contribution in [2.24, 2.45) is 5.92 Å². The molecule has 8 heteroatoms. The van der Waals surface area contributed by atoms with Gasteiger partial charge in [-0.3, -0.25) is 9.59 Å². The molecule has 1 saturated carbocycles. The van der Waals surface area contributed by atoms with Gasteiger partial charge < -0.3 is 20.1 Å². The number of likely N-dealkylation sites (tertiary alicyclic amines) is 1. The maximum atomic E-state index is 14.1. The maximum absolute atomic E-state index is 14.1. The molecule has 3 fully saturated rings. The minimum Gasteiger partial charge on any atom is -0.344 e. The van der Waals surface area contributed by atoms with Gasteiger partial charge in [-0.05, 0) is 80.1 Å². The first-order valence-electron chi connectivity index (χ1n) is 15.4. The van der Waals surface area contributed by atoms with E-state index in [-0.39, 0.29) is 30.1 Å².